The van der Waals surface area contributed by atoms with Gasteiger partial charge in [-0.25, -0.2) is 0 Å². The summed E-state index contributed by atoms with van der Waals surface area (Å²) in [5.41, 5.74) is 1.91. The molecule has 0 unspecified atom stereocenters. The average Bonchev–Trinajstić information content (AvgIpc) is 2.90. The highest BCUT2D eigenvalue weighted by atomic mass is 32.1. The Labute approximate surface area is 106 Å². The second-order valence-corrected chi connectivity index (χ2v) is 4.91. The monoisotopic (exact) mass is 242 g/mol. The summed E-state index contributed by atoms with van der Waals surface area (Å²) in [6.07, 6.45) is 0. The second-order valence-electron chi connectivity index (χ2n) is 3.93. The van der Waals surface area contributed by atoms with Gasteiger partial charge in [0, 0.05) is 17.5 Å². The van der Waals surface area contributed by atoms with Crippen LogP contribution >= 0.6 is 11.3 Å². The van der Waals surface area contributed by atoms with Gasteiger partial charge in [-0.2, -0.15) is 5.26 Å². The van der Waals surface area contributed by atoms with Crippen LogP contribution in [0.3, 0.4) is 0 Å². The van der Waals surface area contributed by atoms with Gasteiger partial charge in [0.1, 0.15) is 0 Å². The van der Waals surface area contributed by atoms with E-state index in [9.17, 15) is 0 Å². The molecule has 17 heavy (non-hydrogen) atoms. The first-order chi connectivity index (χ1) is 8.29. The number of benzene rings is 1. The molecule has 0 aliphatic heterocycles. The molecule has 86 valence electrons. The lowest BCUT2D eigenvalue weighted by Gasteiger charge is -2.11. The minimum Gasteiger partial charge on any atom is -0.305 e. The van der Waals surface area contributed by atoms with Crippen LogP contribution in [0.5, 0.6) is 0 Å². The maximum atomic E-state index is 8.71. The number of nitriles is 1. The minimum absolute atomic E-state index is 0.366. The number of nitrogens with zero attached hydrogens (tertiary/aromatic N) is 1. The predicted molar refractivity (Wildman–Crippen MR) is 70.7 cm³/mol. The second kappa shape index (κ2) is 5.62. The van der Waals surface area contributed by atoms with Gasteiger partial charge in [0.05, 0.1) is 11.6 Å². The van der Waals surface area contributed by atoms with E-state index in [0.717, 1.165) is 6.54 Å². The van der Waals surface area contributed by atoms with E-state index in [0.29, 0.717) is 11.6 Å². The van der Waals surface area contributed by atoms with Crippen LogP contribution in [-0.2, 0) is 6.54 Å². The highest BCUT2D eigenvalue weighted by Gasteiger charge is 2.05. The van der Waals surface area contributed by atoms with E-state index in [2.05, 4.69) is 35.8 Å². The lowest BCUT2D eigenvalue weighted by molar-refractivity contribution is 0.583. The molecule has 3 heteroatoms. The predicted octanol–water partition coefficient (Wildman–Crippen LogP) is 3.47. The molecule has 0 spiro atoms. The van der Waals surface area contributed by atoms with Crippen molar-refractivity contribution >= 4 is 11.3 Å². The van der Waals surface area contributed by atoms with Gasteiger partial charge in [0.15, 0.2) is 0 Å². The molecule has 0 aliphatic carbocycles. The Hall–Kier alpha value is -1.63. The molecular weight excluding hydrogens is 228 g/mol. The molecule has 1 aromatic heterocycles. The third-order valence-corrected chi connectivity index (χ3v) is 3.72. The smallest absolute Gasteiger partial charge is 0.0991 e. The highest BCUT2D eigenvalue weighted by molar-refractivity contribution is 7.10. The molecule has 1 N–H and O–H groups in total. The summed E-state index contributed by atoms with van der Waals surface area (Å²) in [4.78, 5) is 1.35. The van der Waals surface area contributed by atoms with Crippen molar-refractivity contribution in [1.82, 2.24) is 5.32 Å². The van der Waals surface area contributed by atoms with Gasteiger partial charge in [-0.05, 0) is 36.1 Å². The maximum Gasteiger partial charge on any atom is 0.0991 e. The Morgan fingerprint density at radius 1 is 1.29 bits per heavy atom. The molecule has 0 saturated carbocycles. The van der Waals surface area contributed by atoms with Crippen LogP contribution in [0.25, 0.3) is 0 Å². The van der Waals surface area contributed by atoms with E-state index in [1.165, 1.54) is 10.4 Å². The summed E-state index contributed by atoms with van der Waals surface area (Å²) in [5.74, 6) is 0. The largest absolute Gasteiger partial charge is 0.305 e. The Morgan fingerprint density at radius 2 is 2.06 bits per heavy atom. The lowest BCUT2D eigenvalue weighted by Crippen LogP contribution is -2.16. The standard InChI is InChI=1S/C14H14N2S/c1-11(14-3-2-8-17-14)16-10-13-6-4-12(9-15)5-7-13/h2-8,11,16H,10H2,1H3/t11-/m1/s1. The van der Waals surface area contributed by atoms with Crippen LogP contribution in [0.1, 0.15) is 29.0 Å². The average molecular weight is 242 g/mol. The summed E-state index contributed by atoms with van der Waals surface area (Å²) in [5, 5.41) is 14.3. The highest BCUT2D eigenvalue weighted by Crippen LogP contribution is 2.18. The van der Waals surface area contributed by atoms with Crippen molar-refractivity contribution in [1.29, 1.82) is 5.26 Å². The molecule has 0 bridgehead atoms. The zero-order valence-electron chi connectivity index (χ0n) is 9.68. The number of thiophene rings is 1. The van der Waals surface area contributed by atoms with Crippen molar-refractivity contribution in [3.8, 4) is 6.07 Å². The molecule has 1 atom stereocenters. The first kappa shape index (κ1) is 11.8. The number of hydrogen-bond donors (Lipinski definition) is 1. The van der Waals surface area contributed by atoms with Gasteiger partial charge in [0.25, 0.3) is 0 Å². The quantitative estimate of drug-likeness (QED) is 0.891. The third-order valence-electron chi connectivity index (χ3n) is 2.67. The summed E-state index contributed by atoms with van der Waals surface area (Å²) in [6, 6.07) is 14.4. The number of hydrogen-bond acceptors (Lipinski definition) is 3. The third kappa shape index (κ3) is 3.16. The molecular formula is C14H14N2S. The van der Waals surface area contributed by atoms with E-state index in [1.807, 2.05) is 24.3 Å². The lowest BCUT2D eigenvalue weighted by atomic mass is 10.1. The molecule has 1 aromatic carbocycles. The first-order valence-electron chi connectivity index (χ1n) is 5.55. The van der Waals surface area contributed by atoms with Crippen LogP contribution in [0.2, 0.25) is 0 Å². The summed E-state index contributed by atoms with van der Waals surface area (Å²) < 4.78 is 0. The molecule has 0 radical (unpaired) electrons. The summed E-state index contributed by atoms with van der Waals surface area (Å²) in [6.45, 7) is 2.99. The van der Waals surface area contributed by atoms with Crippen LogP contribution < -0.4 is 5.32 Å². The van der Waals surface area contributed by atoms with Crippen molar-refractivity contribution in [3.63, 3.8) is 0 Å². The van der Waals surface area contributed by atoms with Gasteiger partial charge in [0.2, 0.25) is 0 Å². The molecule has 0 aliphatic rings. The molecule has 2 nitrogen and oxygen atoms in total. The Kier molecular flexibility index (Phi) is 3.92. The molecule has 0 fully saturated rings. The van der Waals surface area contributed by atoms with Gasteiger partial charge in [-0.3, -0.25) is 0 Å². The Balaban J connectivity index is 1.91. The minimum atomic E-state index is 0.366. The zero-order chi connectivity index (χ0) is 12.1. The fourth-order valence-corrected chi connectivity index (χ4v) is 2.37. The van der Waals surface area contributed by atoms with Crippen molar-refractivity contribution in [2.45, 2.75) is 19.5 Å². The van der Waals surface area contributed by atoms with Crippen LogP contribution in [0.4, 0.5) is 0 Å². The molecule has 1 heterocycles. The van der Waals surface area contributed by atoms with Crippen LogP contribution in [0.15, 0.2) is 41.8 Å². The fraction of sp³-hybridized carbons (Fsp3) is 0.214. The number of nitrogens with one attached hydrogen (secondary N) is 1. The summed E-state index contributed by atoms with van der Waals surface area (Å²) >= 11 is 1.77. The zero-order valence-corrected chi connectivity index (χ0v) is 10.5. The van der Waals surface area contributed by atoms with E-state index in [1.54, 1.807) is 11.3 Å². The van der Waals surface area contributed by atoms with E-state index >= 15 is 0 Å². The van der Waals surface area contributed by atoms with Gasteiger partial charge in [-0.15, -0.1) is 11.3 Å². The van der Waals surface area contributed by atoms with Gasteiger partial charge in [-0.1, -0.05) is 18.2 Å². The first-order valence-corrected chi connectivity index (χ1v) is 6.43. The van der Waals surface area contributed by atoms with E-state index in [-0.39, 0.29) is 0 Å². The van der Waals surface area contributed by atoms with Crippen molar-refractivity contribution in [2.24, 2.45) is 0 Å². The van der Waals surface area contributed by atoms with Crippen LogP contribution in [-0.4, -0.2) is 0 Å². The maximum absolute atomic E-state index is 8.71. The fourth-order valence-electron chi connectivity index (χ4n) is 1.61. The Bertz CT molecular complexity index is 494. The molecule has 0 amide bonds. The Morgan fingerprint density at radius 3 is 2.65 bits per heavy atom. The van der Waals surface area contributed by atoms with E-state index < -0.39 is 0 Å². The van der Waals surface area contributed by atoms with Gasteiger partial charge >= 0.3 is 0 Å². The van der Waals surface area contributed by atoms with Crippen molar-refractivity contribution in [3.05, 3.63) is 57.8 Å². The van der Waals surface area contributed by atoms with Crippen molar-refractivity contribution < 1.29 is 0 Å². The normalized spacial score (nSPS) is 12.0. The topological polar surface area (TPSA) is 35.8 Å². The van der Waals surface area contributed by atoms with E-state index in [4.69, 9.17) is 5.26 Å². The van der Waals surface area contributed by atoms with Crippen LogP contribution in [0, 0.1) is 11.3 Å². The van der Waals surface area contributed by atoms with Gasteiger partial charge < -0.3 is 5.32 Å². The molecule has 2 rings (SSSR count). The van der Waals surface area contributed by atoms with Crippen molar-refractivity contribution in [2.75, 3.05) is 0 Å². The molecule has 0 saturated heterocycles. The SMILES string of the molecule is C[C@@H](NCc1ccc(C#N)cc1)c1cccs1. The number of rotatable bonds is 4. The molecule has 2 aromatic rings. The summed E-state index contributed by atoms with van der Waals surface area (Å²) in [7, 11) is 0.